The fourth-order valence-corrected chi connectivity index (χ4v) is 0.575. The minimum atomic E-state index is -2.75. The minimum Gasteiger partial charge on any atom is -0.468 e. The second-order valence-electron chi connectivity index (χ2n) is 3.64. The molecule has 0 saturated heterocycles. The van der Waals surface area contributed by atoms with Crippen molar-refractivity contribution in [2.45, 2.75) is 26.4 Å². The number of ether oxygens (including phenoxy) is 2. The Morgan fingerprint density at radius 2 is 1.93 bits per heavy atom. The van der Waals surface area contributed by atoms with Gasteiger partial charge < -0.3 is 14.4 Å². The first kappa shape index (κ1) is 10.5. The highest BCUT2D eigenvalue weighted by molar-refractivity contribution is 5.85. The zero-order chi connectivity index (χ0) is 13.9. The number of methoxy groups -OCH3 is 1. The van der Waals surface area contributed by atoms with Gasteiger partial charge in [0.05, 0.1) is 7.11 Å². The lowest BCUT2D eigenvalue weighted by Gasteiger charge is -2.23. The first-order valence-electron chi connectivity index (χ1n) is 5.55. The van der Waals surface area contributed by atoms with Crippen molar-refractivity contribution in [2.75, 3.05) is 20.6 Å². The summed E-state index contributed by atoms with van der Waals surface area (Å²) in [5.41, 5.74) is -0.837. The van der Waals surface area contributed by atoms with Crippen LogP contribution in [0.3, 0.4) is 0 Å². The molecule has 0 unspecified atom stereocenters. The van der Waals surface area contributed by atoms with Gasteiger partial charge in [0.25, 0.3) is 0 Å². The summed E-state index contributed by atoms with van der Waals surface area (Å²) in [5, 5.41) is 0. The number of carbonyl (C=O) groups excluding carboxylic acids is 2. The van der Waals surface area contributed by atoms with Gasteiger partial charge in [0.2, 0.25) is 0 Å². The van der Waals surface area contributed by atoms with E-state index in [2.05, 4.69) is 4.74 Å². The number of halogens is 1. The zero-order valence-electron chi connectivity index (χ0n) is 12.2. The summed E-state index contributed by atoms with van der Waals surface area (Å²) < 4.78 is 30.6. The standard InChI is InChI=1S/C9H17NO4.ClH/c1-9(2,3)14-8(12)10(4)6-7(11)13-5;/h6H2,1-5H3;1H/i4D3;. The Morgan fingerprint density at radius 3 is 2.27 bits per heavy atom. The molecule has 0 fully saturated rings. The van der Waals surface area contributed by atoms with Crippen molar-refractivity contribution in [3.8, 4) is 0 Å². The fraction of sp³-hybridized carbons (Fsp3) is 0.778. The van der Waals surface area contributed by atoms with Crippen LogP contribution in [0.4, 0.5) is 4.79 Å². The molecule has 0 aliphatic heterocycles. The molecule has 6 heteroatoms. The van der Waals surface area contributed by atoms with Gasteiger partial charge in [0.1, 0.15) is 12.1 Å². The van der Waals surface area contributed by atoms with Crippen molar-refractivity contribution < 1.29 is 23.2 Å². The van der Waals surface area contributed by atoms with Crippen LogP contribution in [-0.4, -0.2) is 43.2 Å². The maximum absolute atomic E-state index is 11.6. The largest absolute Gasteiger partial charge is 0.468 e. The number of amides is 1. The molecule has 0 saturated carbocycles. The molecule has 0 aromatic heterocycles. The fourth-order valence-electron chi connectivity index (χ4n) is 0.575. The van der Waals surface area contributed by atoms with Crippen LogP contribution in [0.15, 0.2) is 0 Å². The van der Waals surface area contributed by atoms with E-state index >= 15 is 0 Å². The van der Waals surface area contributed by atoms with E-state index in [4.69, 9.17) is 8.85 Å². The Kier molecular flexibility index (Phi) is 4.57. The molecule has 5 nitrogen and oxygen atoms in total. The van der Waals surface area contributed by atoms with Gasteiger partial charge in [-0.15, -0.1) is 12.4 Å². The van der Waals surface area contributed by atoms with Gasteiger partial charge in [0.15, 0.2) is 0 Å². The Hall–Kier alpha value is -0.970. The molecule has 0 aliphatic carbocycles. The van der Waals surface area contributed by atoms with Crippen molar-refractivity contribution >= 4 is 24.5 Å². The van der Waals surface area contributed by atoms with Crippen molar-refractivity contribution in [1.29, 1.82) is 0 Å². The summed E-state index contributed by atoms with van der Waals surface area (Å²) in [6.45, 7) is 1.36. The summed E-state index contributed by atoms with van der Waals surface area (Å²) >= 11 is 0. The molecule has 0 spiro atoms. The molecule has 0 atom stereocenters. The molecule has 0 heterocycles. The molecular formula is C9H18ClNO4. The lowest BCUT2D eigenvalue weighted by molar-refractivity contribution is -0.141. The third-order valence-electron chi connectivity index (χ3n) is 1.13. The van der Waals surface area contributed by atoms with Crippen molar-refractivity contribution in [3.63, 3.8) is 0 Å². The predicted octanol–water partition coefficient (Wildman–Crippen LogP) is 1.45. The summed E-state index contributed by atoms with van der Waals surface area (Å²) in [6.07, 6.45) is -1.08. The van der Waals surface area contributed by atoms with Gasteiger partial charge >= 0.3 is 12.1 Å². The van der Waals surface area contributed by atoms with E-state index in [-0.39, 0.29) is 12.4 Å². The molecule has 0 bridgehead atoms. The first-order valence-corrected chi connectivity index (χ1v) is 4.05. The average Bonchev–Trinajstić information content (AvgIpc) is 2.08. The second-order valence-corrected chi connectivity index (χ2v) is 3.64. The van der Waals surface area contributed by atoms with Crippen molar-refractivity contribution in [1.82, 2.24) is 4.90 Å². The van der Waals surface area contributed by atoms with Crippen LogP contribution in [0.25, 0.3) is 0 Å². The van der Waals surface area contributed by atoms with Crippen LogP contribution in [-0.2, 0) is 14.3 Å². The Bertz CT molecular complexity index is 301. The molecule has 0 rings (SSSR count). The Morgan fingerprint density at radius 1 is 1.40 bits per heavy atom. The summed E-state index contributed by atoms with van der Waals surface area (Å²) in [7, 11) is 1.11. The molecule has 0 aromatic rings. The number of carbonyl (C=O) groups is 2. The number of hydrogen-bond acceptors (Lipinski definition) is 4. The van der Waals surface area contributed by atoms with Crippen molar-refractivity contribution in [2.24, 2.45) is 0 Å². The van der Waals surface area contributed by atoms with Gasteiger partial charge in [0, 0.05) is 11.1 Å². The molecule has 0 N–H and O–H groups in total. The summed E-state index contributed by atoms with van der Waals surface area (Å²) in [6, 6.07) is 0. The predicted molar refractivity (Wildman–Crippen MR) is 58.1 cm³/mol. The normalized spacial score (nSPS) is 13.7. The molecule has 0 radical (unpaired) electrons. The number of nitrogens with zero attached hydrogens (tertiary/aromatic N) is 1. The molecule has 90 valence electrons. The van der Waals surface area contributed by atoms with E-state index in [0.717, 1.165) is 7.11 Å². The molecular weight excluding hydrogens is 222 g/mol. The van der Waals surface area contributed by atoms with E-state index in [9.17, 15) is 9.59 Å². The van der Waals surface area contributed by atoms with Gasteiger partial charge in [-0.3, -0.25) is 4.79 Å². The lowest BCUT2D eigenvalue weighted by Crippen LogP contribution is -2.37. The van der Waals surface area contributed by atoms with E-state index < -0.39 is 31.2 Å². The van der Waals surface area contributed by atoms with Crippen LogP contribution in [0.2, 0.25) is 0 Å². The summed E-state index contributed by atoms with van der Waals surface area (Å²) in [5.74, 6) is -0.827. The Labute approximate surface area is 100 Å². The molecule has 15 heavy (non-hydrogen) atoms. The lowest BCUT2D eigenvalue weighted by atomic mass is 10.2. The Balaban J connectivity index is 0. The minimum absolute atomic E-state index is 0. The van der Waals surface area contributed by atoms with Crippen LogP contribution in [0.5, 0.6) is 0 Å². The summed E-state index contributed by atoms with van der Waals surface area (Å²) in [4.78, 5) is 23.0. The van der Waals surface area contributed by atoms with E-state index in [0.29, 0.717) is 4.90 Å². The highest BCUT2D eigenvalue weighted by Crippen LogP contribution is 2.08. The smallest absolute Gasteiger partial charge is 0.410 e. The highest BCUT2D eigenvalue weighted by atomic mass is 35.5. The first-order chi connectivity index (χ1) is 7.47. The third kappa shape index (κ3) is 8.05. The SMILES string of the molecule is Cl.[2H]C([2H])([2H])N(CC(=O)OC)C(=O)OC(C)(C)C. The molecule has 1 amide bonds. The molecule has 0 aromatic carbocycles. The van der Waals surface area contributed by atoms with E-state index in [1.54, 1.807) is 20.8 Å². The van der Waals surface area contributed by atoms with Crippen LogP contribution >= 0.6 is 12.4 Å². The second kappa shape index (κ2) is 6.50. The number of hydrogen-bond donors (Lipinski definition) is 0. The number of rotatable bonds is 2. The van der Waals surface area contributed by atoms with Crippen LogP contribution in [0, 0.1) is 0 Å². The van der Waals surface area contributed by atoms with E-state index in [1.165, 1.54) is 0 Å². The van der Waals surface area contributed by atoms with Gasteiger partial charge in [-0.2, -0.15) is 0 Å². The van der Waals surface area contributed by atoms with Crippen LogP contribution < -0.4 is 0 Å². The quantitative estimate of drug-likeness (QED) is 0.688. The number of likely N-dealkylation sites (N-methyl/N-ethyl adjacent to an activating group) is 1. The van der Waals surface area contributed by atoms with Gasteiger partial charge in [-0.1, -0.05) is 0 Å². The number of esters is 1. The maximum atomic E-state index is 11.6. The maximum Gasteiger partial charge on any atom is 0.410 e. The average molecular weight is 243 g/mol. The third-order valence-corrected chi connectivity index (χ3v) is 1.13. The van der Waals surface area contributed by atoms with E-state index in [1.807, 2.05) is 0 Å². The topological polar surface area (TPSA) is 55.8 Å². The molecule has 0 aliphatic rings. The van der Waals surface area contributed by atoms with Gasteiger partial charge in [-0.25, -0.2) is 4.79 Å². The zero-order valence-corrected chi connectivity index (χ0v) is 10.0. The van der Waals surface area contributed by atoms with Crippen LogP contribution in [0.1, 0.15) is 24.9 Å². The highest BCUT2D eigenvalue weighted by Gasteiger charge is 2.20. The van der Waals surface area contributed by atoms with Gasteiger partial charge in [-0.05, 0) is 20.8 Å². The monoisotopic (exact) mass is 242 g/mol. The van der Waals surface area contributed by atoms with Crippen molar-refractivity contribution in [3.05, 3.63) is 0 Å².